The Morgan fingerprint density at radius 2 is 2.10 bits per heavy atom. The zero-order chi connectivity index (χ0) is 14.9. The van der Waals surface area contributed by atoms with Gasteiger partial charge in [0.2, 0.25) is 0 Å². The first-order valence-corrected chi connectivity index (χ1v) is 7.72. The van der Waals surface area contributed by atoms with Gasteiger partial charge in [0.05, 0.1) is 0 Å². The van der Waals surface area contributed by atoms with E-state index < -0.39 is 0 Å². The van der Waals surface area contributed by atoms with E-state index in [1.165, 1.54) is 12.8 Å². The van der Waals surface area contributed by atoms with Gasteiger partial charge >= 0.3 is 6.03 Å². The maximum atomic E-state index is 12.1. The Labute approximate surface area is 126 Å². The summed E-state index contributed by atoms with van der Waals surface area (Å²) in [7, 11) is 3.66. The summed E-state index contributed by atoms with van der Waals surface area (Å²) >= 11 is 0. The molecular formula is C16H24N4O. The number of aromatic nitrogens is 1. The third-order valence-corrected chi connectivity index (χ3v) is 4.73. The summed E-state index contributed by atoms with van der Waals surface area (Å²) in [6.07, 6.45) is 5.36. The smallest absolute Gasteiger partial charge is 0.319 e. The summed E-state index contributed by atoms with van der Waals surface area (Å²) in [6, 6.07) is 6.22. The molecule has 1 aromatic heterocycles. The quantitative estimate of drug-likeness (QED) is 0.794. The molecule has 1 spiro atoms. The van der Waals surface area contributed by atoms with Gasteiger partial charge in [-0.3, -0.25) is 0 Å². The molecule has 0 N–H and O–H groups in total. The van der Waals surface area contributed by atoms with E-state index >= 15 is 0 Å². The number of nitrogens with zero attached hydrogens (tertiary/aromatic N) is 4. The Kier molecular flexibility index (Phi) is 3.74. The van der Waals surface area contributed by atoms with E-state index in [1.54, 1.807) is 4.90 Å². The highest BCUT2D eigenvalue weighted by atomic mass is 16.2. The molecule has 1 unspecified atom stereocenters. The van der Waals surface area contributed by atoms with E-state index in [2.05, 4.69) is 16.0 Å². The van der Waals surface area contributed by atoms with Gasteiger partial charge in [-0.05, 0) is 31.4 Å². The number of carbonyl (C=O) groups is 1. The molecule has 1 atom stereocenters. The number of urea groups is 1. The number of hydrogen-bond donors (Lipinski definition) is 0. The van der Waals surface area contributed by atoms with Gasteiger partial charge in [-0.2, -0.15) is 0 Å². The lowest BCUT2D eigenvalue weighted by Gasteiger charge is -2.41. The molecule has 2 aliphatic heterocycles. The predicted molar refractivity (Wildman–Crippen MR) is 83.4 cm³/mol. The van der Waals surface area contributed by atoms with Crippen LogP contribution < -0.4 is 4.90 Å². The fraction of sp³-hybridized carbons (Fsp3) is 0.625. The van der Waals surface area contributed by atoms with Crippen LogP contribution in [0.15, 0.2) is 24.4 Å². The monoisotopic (exact) mass is 288 g/mol. The molecule has 2 amide bonds. The van der Waals surface area contributed by atoms with Gasteiger partial charge < -0.3 is 14.7 Å². The highest BCUT2D eigenvalue weighted by molar-refractivity contribution is 5.74. The van der Waals surface area contributed by atoms with E-state index in [-0.39, 0.29) is 11.4 Å². The van der Waals surface area contributed by atoms with E-state index in [0.717, 1.165) is 38.4 Å². The van der Waals surface area contributed by atoms with Gasteiger partial charge in [-0.25, -0.2) is 9.78 Å². The number of piperidine rings is 1. The standard InChI is InChI=1S/C16H24N4O/c1-18(2)15(21)20-11-8-16(13-20)7-5-10-19(12-16)14-6-3-4-9-17-14/h3-4,6,9H,5,7-8,10-13H2,1-2H3. The van der Waals surface area contributed by atoms with Gasteiger partial charge in [0, 0.05) is 51.9 Å². The molecule has 1 aromatic rings. The first-order valence-electron chi connectivity index (χ1n) is 7.72. The second-order valence-electron chi connectivity index (χ2n) is 6.56. The van der Waals surface area contributed by atoms with Crippen molar-refractivity contribution in [3.63, 3.8) is 0 Å². The van der Waals surface area contributed by atoms with Crippen LogP contribution >= 0.6 is 0 Å². The zero-order valence-electron chi connectivity index (χ0n) is 13.0. The second-order valence-corrected chi connectivity index (χ2v) is 6.56. The molecule has 114 valence electrons. The molecule has 0 saturated carbocycles. The van der Waals surface area contributed by atoms with Crippen LogP contribution in [0.3, 0.4) is 0 Å². The van der Waals surface area contributed by atoms with Gasteiger partial charge in [-0.1, -0.05) is 6.07 Å². The summed E-state index contributed by atoms with van der Waals surface area (Å²) in [4.78, 5) is 22.7. The topological polar surface area (TPSA) is 39.7 Å². The van der Waals surface area contributed by atoms with Crippen LogP contribution in [-0.4, -0.2) is 61.1 Å². The summed E-state index contributed by atoms with van der Waals surface area (Å²) in [5.41, 5.74) is 0.251. The van der Waals surface area contributed by atoms with Crippen molar-refractivity contribution in [1.29, 1.82) is 0 Å². The number of hydrogen-bond acceptors (Lipinski definition) is 3. The molecule has 5 heteroatoms. The van der Waals surface area contributed by atoms with Crippen LogP contribution in [-0.2, 0) is 0 Å². The maximum Gasteiger partial charge on any atom is 0.319 e. The zero-order valence-corrected chi connectivity index (χ0v) is 13.0. The number of anilines is 1. The molecule has 21 heavy (non-hydrogen) atoms. The molecule has 3 rings (SSSR count). The maximum absolute atomic E-state index is 12.1. The van der Waals surface area contributed by atoms with Crippen LogP contribution in [0, 0.1) is 5.41 Å². The highest BCUT2D eigenvalue weighted by Gasteiger charge is 2.43. The molecule has 0 aromatic carbocycles. The molecule has 2 saturated heterocycles. The summed E-state index contributed by atoms with van der Waals surface area (Å²) in [5, 5.41) is 0. The van der Waals surface area contributed by atoms with Crippen LogP contribution in [0.4, 0.5) is 10.6 Å². The number of amides is 2. The van der Waals surface area contributed by atoms with E-state index in [4.69, 9.17) is 0 Å². The van der Waals surface area contributed by atoms with E-state index in [9.17, 15) is 4.79 Å². The Hall–Kier alpha value is -1.78. The van der Waals surface area contributed by atoms with E-state index in [1.807, 2.05) is 37.3 Å². The van der Waals surface area contributed by atoms with Crippen molar-refractivity contribution in [3.8, 4) is 0 Å². The van der Waals surface area contributed by atoms with E-state index in [0.29, 0.717) is 0 Å². The Bertz CT molecular complexity index is 504. The summed E-state index contributed by atoms with van der Waals surface area (Å²) < 4.78 is 0. The van der Waals surface area contributed by atoms with Gasteiger partial charge in [-0.15, -0.1) is 0 Å². The first-order chi connectivity index (χ1) is 10.1. The Morgan fingerprint density at radius 3 is 2.81 bits per heavy atom. The number of pyridine rings is 1. The summed E-state index contributed by atoms with van der Waals surface area (Å²) in [6.45, 7) is 3.85. The molecule has 2 aliphatic rings. The normalized spacial score (nSPS) is 25.4. The molecular weight excluding hydrogens is 264 g/mol. The molecule has 2 fully saturated rings. The fourth-order valence-electron chi connectivity index (χ4n) is 3.66. The van der Waals surface area contributed by atoms with Crippen molar-refractivity contribution in [2.75, 3.05) is 45.2 Å². The van der Waals surface area contributed by atoms with Crippen LogP contribution in [0.1, 0.15) is 19.3 Å². The SMILES string of the molecule is CN(C)C(=O)N1CCC2(CCCN(c3ccccn3)C2)C1. The van der Waals surface area contributed by atoms with Gasteiger partial charge in [0.25, 0.3) is 0 Å². The molecule has 5 nitrogen and oxygen atoms in total. The average Bonchev–Trinajstić information content (AvgIpc) is 2.90. The van der Waals surface area contributed by atoms with Crippen molar-refractivity contribution in [1.82, 2.24) is 14.8 Å². The third-order valence-electron chi connectivity index (χ3n) is 4.73. The van der Waals surface area contributed by atoms with Crippen molar-refractivity contribution in [3.05, 3.63) is 24.4 Å². The first kappa shape index (κ1) is 14.2. The van der Waals surface area contributed by atoms with Crippen LogP contribution in [0.2, 0.25) is 0 Å². The lowest BCUT2D eigenvalue weighted by molar-refractivity contribution is 0.169. The van der Waals surface area contributed by atoms with Gasteiger partial charge in [0.15, 0.2) is 0 Å². The lowest BCUT2D eigenvalue weighted by Crippen LogP contribution is -2.46. The van der Waals surface area contributed by atoms with Crippen molar-refractivity contribution < 1.29 is 4.79 Å². The van der Waals surface area contributed by atoms with Crippen molar-refractivity contribution in [2.24, 2.45) is 5.41 Å². The lowest BCUT2D eigenvalue weighted by atomic mass is 9.79. The van der Waals surface area contributed by atoms with Crippen LogP contribution in [0.5, 0.6) is 0 Å². The van der Waals surface area contributed by atoms with Crippen LogP contribution in [0.25, 0.3) is 0 Å². The largest absolute Gasteiger partial charge is 0.356 e. The summed E-state index contributed by atoms with van der Waals surface area (Å²) in [5.74, 6) is 1.06. The van der Waals surface area contributed by atoms with Crippen molar-refractivity contribution in [2.45, 2.75) is 19.3 Å². The molecule has 0 bridgehead atoms. The molecule has 0 radical (unpaired) electrons. The number of carbonyl (C=O) groups excluding carboxylic acids is 1. The molecule has 0 aliphatic carbocycles. The van der Waals surface area contributed by atoms with Crippen molar-refractivity contribution >= 4 is 11.8 Å². The Morgan fingerprint density at radius 1 is 1.24 bits per heavy atom. The predicted octanol–water partition coefficient (Wildman–Crippen LogP) is 2.06. The minimum absolute atomic E-state index is 0.141. The number of likely N-dealkylation sites (tertiary alicyclic amines) is 1. The second kappa shape index (κ2) is 5.54. The minimum Gasteiger partial charge on any atom is -0.356 e. The minimum atomic E-state index is 0.141. The van der Waals surface area contributed by atoms with Gasteiger partial charge in [0.1, 0.15) is 5.82 Å². The highest BCUT2D eigenvalue weighted by Crippen LogP contribution is 2.40. The molecule has 3 heterocycles. The Balaban J connectivity index is 1.70. The number of rotatable bonds is 1. The average molecular weight is 288 g/mol. The third kappa shape index (κ3) is 2.82. The fourth-order valence-corrected chi connectivity index (χ4v) is 3.66.